The lowest BCUT2D eigenvalue weighted by Gasteiger charge is -2.19. The molecule has 0 aromatic heterocycles. The van der Waals surface area contributed by atoms with Gasteiger partial charge in [-0.3, -0.25) is 0 Å². The highest BCUT2D eigenvalue weighted by Crippen LogP contribution is 2.18. The van der Waals surface area contributed by atoms with Crippen molar-refractivity contribution in [3.05, 3.63) is 11.6 Å². The van der Waals surface area contributed by atoms with E-state index in [1.807, 2.05) is 0 Å². The van der Waals surface area contributed by atoms with E-state index in [-0.39, 0.29) is 0 Å². The van der Waals surface area contributed by atoms with Crippen molar-refractivity contribution in [1.82, 2.24) is 0 Å². The number of allylic oxidation sites excluding steroid dienone is 2. The maximum Gasteiger partial charge on any atom is 0.139 e. The summed E-state index contributed by atoms with van der Waals surface area (Å²) in [6.45, 7) is 6.85. The van der Waals surface area contributed by atoms with E-state index in [1.165, 1.54) is 43.0 Å². The Labute approximate surface area is 108 Å². The topological polar surface area (TPSA) is 0 Å². The van der Waals surface area contributed by atoms with Gasteiger partial charge < -0.3 is 0 Å². The lowest BCUT2D eigenvalue weighted by molar-refractivity contribution is 0.715. The standard InChI is InChI=1S/C16H24Si/c1-4-17(5-2,6-3)15-11-10-14-16-12-8-7-9-13-16/h12H,4-9,13H2,1-3H3. The molecule has 0 nitrogen and oxygen atoms in total. The van der Waals surface area contributed by atoms with Crippen LogP contribution in [0.4, 0.5) is 0 Å². The lowest BCUT2D eigenvalue weighted by atomic mass is 10.0. The van der Waals surface area contributed by atoms with Gasteiger partial charge >= 0.3 is 0 Å². The molecule has 0 aromatic carbocycles. The minimum Gasteiger partial charge on any atom is -0.117 e. The van der Waals surface area contributed by atoms with Crippen LogP contribution in [0.5, 0.6) is 0 Å². The van der Waals surface area contributed by atoms with E-state index >= 15 is 0 Å². The fourth-order valence-corrected chi connectivity index (χ4v) is 4.60. The molecule has 0 amide bonds. The van der Waals surface area contributed by atoms with E-state index < -0.39 is 8.07 Å². The summed E-state index contributed by atoms with van der Waals surface area (Å²) < 4.78 is 0. The summed E-state index contributed by atoms with van der Waals surface area (Å²) in [6, 6.07) is 3.78. The van der Waals surface area contributed by atoms with Gasteiger partial charge in [-0.15, -0.1) is 5.54 Å². The highest BCUT2D eigenvalue weighted by molar-refractivity contribution is 6.87. The van der Waals surface area contributed by atoms with Gasteiger partial charge in [-0.2, -0.15) is 0 Å². The van der Waals surface area contributed by atoms with Crippen LogP contribution in [0.1, 0.15) is 46.5 Å². The fourth-order valence-electron chi connectivity index (χ4n) is 2.24. The van der Waals surface area contributed by atoms with Gasteiger partial charge in [0.1, 0.15) is 8.07 Å². The molecule has 0 bridgehead atoms. The van der Waals surface area contributed by atoms with Crippen LogP contribution in [0.15, 0.2) is 11.6 Å². The van der Waals surface area contributed by atoms with Crippen molar-refractivity contribution < 1.29 is 0 Å². The monoisotopic (exact) mass is 244 g/mol. The van der Waals surface area contributed by atoms with Crippen molar-refractivity contribution in [1.29, 1.82) is 0 Å². The minimum absolute atomic E-state index is 1.16. The zero-order valence-corrected chi connectivity index (χ0v) is 12.5. The van der Waals surface area contributed by atoms with Crippen molar-refractivity contribution in [3.63, 3.8) is 0 Å². The number of rotatable bonds is 3. The van der Waals surface area contributed by atoms with Gasteiger partial charge in [0.2, 0.25) is 0 Å². The van der Waals surface area contributed by atoms with E-state index in [9.17, 15) is 0 Å². The molecule has 1 aliphatic rings. The van der Waals surface area contributed by atoms with Crippen molar-refractivity contribution in [3.8, 4) is 23.3 Å². The van der Waals surface area contributed by atoms with Gasteiger partial charge in [0.25, 0.3) is 0 Å². The third-order valence-electron chi connectivity index (χ3n) is 3.93. The molecular weight excluding hydrogens is 220 g/mol. The number of hydrogen-bond donors (Lipinski definition) is 0. The highest BCUT2D eigenvalue weighted by Gasteiger charge is 2.23. The van der Waals surface area contributed by atoms with Gasteiger partial charge in [-0.25, -0.2) is 0 Å². The van der Waals surface area contributed by atoms with E-state index in [4.69, 9.17) is 0 Å². The summed E-state index contributed by atoms with van der Waals surface area (Å²) in [5.41, 5.74) is 4.82. The van der Waals surface area contributed by atoms with E-state index in [2.05, 4.69) is 50.2 Å². The van der Waals surface area contributed by atoms with E-state index in [0.717, 1.165) is 6.42 Å². The average molecular weight is 244 g/mol. The van der Waals surface area contributed by atoms with Crippen LogP contribution in [0.25, 0.3) is 0 Å². The Balaban J connectivity index is 2.66. The van der Waals surface area contributed by atoms with Crippen LogP contribution < -0.4 is 0 Å². The molecule has 0 saturated heterocycles. The summed E-state index contributed by atoms with van der Waals surface area (Å²) in [6.07, 6.45) is 7.27. The average Bonchev–Trinajstić information content (AvgIpc) is 2.41. The lowest BCUT2D eigenvalue weighted by Crippen LogP contribution is -2.29. The van der Waals surface area contributed by atoms with Crippen LogP contribution >= 0.6 is 0 Å². The Bertz CT molecular complexity index is 369. The first-order valence-corrected chi connectivity index (χ1v) is 9.60. The molecule has 0 aliphatic heterocycles. The molecule has 0 unspecified atom stereocenters. The summed E-state index contributed by atoms with van der Waals surface area (Å²) >= 11 is 0. The van der Waals surface area contributed by atoms with Gasteiger partial charge in [0.05, 0.1) is 0 Å². The molecule has 0 atom stereocenters. The fraction of sp³-hybridized carbons (Fsp3) is 0.625. The predicted molar refractivity (Wildman–Crippen MR) is 79.3 cm³/mol. The largest absolute Gasteiger partial charge is 0.139 e. The SMILES string of the molecule is CC[Si](C#CC#CC1=CCCCC1)(CC)CC. The second-order valence-corrected chi connectivity index (χ2v) is 9.75. The molecule has 0 aromatic rings. The van der Waals surface area contributed by atoms with Gasteiger partial charge in [0.15, 0.2) is 0 Å². The predicted octanol–water partition coefficient (Wildman–Crippen LogP) is 4.54. The van der Waals surface area contributed by atoms with Crippen LogP contribution in [-0.2, 0) is 0 Å². The van der Waals surface area contributed by atoms with Gasteiger partial charge in [-0.05, 0) is 61.2 Å². The van der Waals surface area contributed by atoms with Crippen LogP contribution in [-0.4, -0.2) is 8.07 Å². The second kappa shape index (κ2) is 7.41. The first-order chi connectivity index (χ1) is 8.26. The van der Waals surface area contributed by atoms with Crippen molar-refractivity contribution in [2.75, 3.05) is 0 Å². The molecule has 1 rings (SSSR count). The molecule has 92 valence electrons. The zero-order chi connectivity index (χ0) is 12.6. The normalized spacial score (nSPS) is 15.1. The third kappa shape index (κ3) is 4.45. The first-order valence-electron chi connectivity index (χ1n) is 6.98. The smallest absolute Gasteiger partial charge is 0.117 e. The molecular formula is C16H24Si. The molecule has 0 spiro atoms. The molecule has 1 heteroatoms. The molecule has 0 radical (unpaired) electrons. The van der Waals surface area contributed by atoms with Gasteiger partial charge in [0, 0.05) is 0 Å². The first kappa shape index (κ1) is 14.1. The Morgan fingerprint density at radius 2 is 1.76 bits per heavy atom. The molecule has 0 fully saturated rings. The van der Waals surface area contributed by atoms with Gasteiger partial charge in [-0.1, -0.05) is 32.8 Å². The number of hydrogen-bond acceptors (Lipinski definition) is 0. The summed E-state index contributed by atoms with van der Waals surface area (Å²) in [7, 11) is -1.29. The maximum absolute atomic E-state index is 3.51. The Kier molecular flexibility index (Phi) is 6.16. The minimum atomic E-state index is -1.29. The van der Waals surface area contributed by atoms with Crippen molar-refractivity contribution >= 4 is 8.07 Å². The van der Waals surface area contributed by atoms with E-state index in [0.29, 0.717) is 0 Å². The van der Waals surface area contributed by atoms with Crippen molar-refractivity contribution in [2.45, 2.75) is 64.6 Å². The summed E-state index contributed by atoms with van der Waals surface area (Å²) in [5.74, 6) is 9.43. The van der Waals surface area contributed by atoms with Crippen molar-refractivity contribution in [2.24, 2.45) is 0 Å². The third-order valence-corrected chi connectivity index (χ3v) is 8.65. The summed E-state index contributed by atoms with van der Waals surface area (Å²) in [5, 5.41) is 0. The van der Waals surface area contributed by atoms with Crippen LogP contribution in [0.3, 0.4) is 0 Å². The Hall–Kier alpha value is -0.923. The maximum atomic E-state index is 3.51. The van der Waals surface area contributed by atoms with E-state index in [1.54, 1.807) is 0 Å². The highest BCUT2D eigenvalue weighted by atomic mass is 28.3. The second-order valence-electron chi connectivity index (χ2n) is 4.82. The zero-order valence-electron chi connectivity index (χ0n) is 11.5. The van der Waals surface area contributed by atoms with Crippen LogP contribution in [0.2, 0.25) is 18.1 Å². The molecule has 17 heavy (non-hydrogen) atoms. The Morgan fingerprint density at radius 1 is 1.06 bits per heavy atom. The van der Waals surface area contributed by atoms with Crippen LogP contribution in [0, 0.1) is 23.3 Å². The Morgan fingerprint density at radius 3 is 2.29 bits per heavy atom. The molecule has 0 N–H and O–H groups in total. The molecule has 1 aliphatic carbocycles. The molecule has 0 saturated carbocycles. The quantitative estimate of drug-likeness (QED) is 0.505. The molecule has 0 heterocycles. The summed E-state index contributed by atoms with van der Waals surface area (Å²) in [4.78, 5) is 0.